The van der Waals surface area contributed by atoms with Gasteiger partial charge in [-0.15, -0.1) is 0 Å². The van der Waals surface area contributed by atoms with Crippen molar-refractivity contribution in [1.29, 1.82) is 0 Å². The number of carbonyl (C=O) groups is 3. The van der Waals surface area contributed by atoms with Crippen LogP contribution in [0.15, 0.2) is 48.2 Å². The summed E-state index contributed by atoms with van der Waals surface area (Å²) in [7, 11) is 1.17. The van der Waals surface area contributed by atoms with Gasteiger partial charge in [-0.2, -0.15) is 0 Å². The largest absolute Gasteiger partial charge is 0.510 e. The molecular weight excluding hydrogens is 326 g/mol. The Bertz CT molecular complexity index is 741. The zero-order valence-corrected chi connectivity index (χ0v) is 13.6. The van der Waals surface area contributed by atoms with E-state index in [4.69, 9.17) is 9.47 Å². The quantitative estimate of drug-likeness (QED) is 0.353. The molecule has 7 heteroatoms. The minimum Gasteiger partial charge on any atom is -0.468 e. The molecular formula is C18H17NO6. The predicted molar refractivity (Wildman–Crippen MR) is 86.8 cm³/mol. The standard InChI is InChI=1S/C18H17NO6/c1-23-17(22)25-18(10-5-8-13-6-3-2-4-7-13)14(9-11-20)24-16-12-15(21)19(16)18/h2-9,11,16H,10,12H2,1H3. The Morgan fingerprint density at radius 1 is 1.40 bits per heavy atom. The van der Waals surface area contributed by atoms with Gasteiger partial charge in [-0.05, 0) is 5.56 Å². The molecule has 1 aromatic carbocycles. The summed E-state index contributed by atoms with van der Waals surface area (Å²) in [6, 6.07) is 9.51. The van der Waals surface area contributed by atoms with E-state index in [-0.39, 0.29) is 24.5 Å². The lowest BCUT2D eigenvalue weighted by atomic mass is 10.00. The van der Waals surface area contributed by atoms with E-state index in [0.717, 1.165) is 11.6 Å². The molecule has 1 amide bonds. The molecule has 2 saturated heterocycles. The van der Waals surface area contributed by atoms with Crippen molar-refractivity contribution < 1.29 is 28.6 Å². The zero-order chi connectivity index (χ0) is 17.9. The Balaban J connectivity index is 1.93. The fraction of sp³-hybridized carbons (Fsp3) is 0.278. The number of nitrogens with zero attached hydrogens (tertiary/aromatic N) is 1. The molecule has 130 valence electrons. The number of hydrogen-bond donors (Lipinski definition) is 0. The highest BCUT2D eigenvalue weighted by atomic mass is 16.7. The third-order valence-electron chi connectivity index (χ3n) is 4.09. The van der Waals surface area contributed by atoms with E-state index in [9.17, 15) is 14.4 Å². The molecule has 2 heterocycles. The topological polar surface area (TPSA) is 82.1 Å². The SMILES string of the molecule is COC(=O)OC1(CC=Cc2ccccc2)C(=CC=O)OC2CC(=O)N21. The third kappa shape index (κ3) is 3.00. The Morgan fingerprint density at radius 2 is 2.16 bits per heavy atom. The number of fused-ring (bicyclic) bond motifs is 1. The summed E-state index contributed by atoms with van der Waals surface area (Å²) in [6.45, 7) is 0. The highest BCUT2D eigenvalue weighted by molar-refractivity contribution is 5.85. The van der Waals surface area contributed by atoms with Crippen LogP contribution in [0.4, 0.5) is 4.79 Å². The second kappa shape index (κ2) is 6.80. The van der Waals surface area contributed by atoms with Crippen LogP contribution in [0, 0.1) is 0 Å². The average Bonchev–Trinajstić information content (AvgIpc) is 2.83. The number of hydrogen-bond acceptors (Lipinski definition) is 6. The van der Waals surface area contributed by atoms with Crippen LogP contribution >= 0.6 is 0 Å². The van der Waals surface area contributed by atoms with E-state index in [1.54, 1.807) is 6.08 Å². The molecule has 0 N–H and O–H groups in total. The van der Waals surface area contributed by atoms with Crippen molar-refractivity contribution >= 4 is 24.4 Å². The van der Waals surface area contributed by atoms with E-state index in [0.29, 0.717) is 6.29 Å². The smallest absolute Gasteiger partial charge is 0.468 e. The lowest BCUT2D eigenvalue weighted by Gasteiger charge is -2.41. The Hall–Kier alpha value is -3.09. The lowest BCUT2D eigenvalue weighted by Crippen LogP contribution is -2.60. The minimum atomic E-state index is -1.51. The van der Waals surface area contributed by atoms with Crippen molar-refractivity contribution in [2.75, 3.05) is 7.11 Å². The normalized spacial score (nSPS) is 26.1. The summed E-state index contributed by atoms with van der Waals surface area (Å²) >= 11 is 0. The third-order valence-corrected chi connectivity index (χ3v) is 4.09. The monoisotopic (exact) mass is 343 g/mol. The summed E-state index contributed by atoms with van der Waals surface area (Å²) in [5.41, 5.74) is -0.568. The molecule has 3 rings (SSSR count). The molecule has 0 spiro atoms. The van der Waals surface area contributed by atoms with Gasteiger partial charge in [0.2, 0.25) is 5.91 Å². The number of β-lactam (4-membered cyclic amide) rings is 1. The van der Waals surface area contributed by atoms with Crippen LogP contribution < -0.4 is 0 Å². The van der Waals surface area contributed by atoms with Crippen molar-refractivity contribution in [1.82, 2.24) is 4.90 Å². The second-order valence-corrected chi connectivity index (χ2v) is 5.57. The first-order chi connectivity index (χ1) is 12.1. The molecule has 0 aromatic heterocycles. The predicted octanol–water partition coefficient (Wildman–Crippen LogP) is 2.24. The van der Waals surface area contributed by atoms with Crippen molar-refractivity contribution in [3.05, 3.63) is 53.8 Å². The fourth-order valence-electron chi connectivity index (χ4n) is 2.94. The molecule has 7 nitrogen and oxygen atoms in total. The Morgan fingerprint density at radius 3 is 2.80 bits per heavy atom. The summed E-state index contributed by atoms with van der Waals surface area (Å²) in [5, 5.41) is 0. The number of benzene rings is 1. The van der Waals surface area contributed by atoms with Crippen LogP contribution in [0.1, 0.15) is 18.4 Å². The van der Waals surface area contributed by atoms with Crippen molar-refractivity contribution in [2.24, 2.45) is 0 Å². The maximum absolute atomic E-state index is 12.1. The van der Waals surface area contributed by atoms with Crippen LogP contribution in [-0.4, -0.2) is 42.3 Å². The summed E-state index contributed by atoms with van der Waals surface area (Å²) in [5.74, 6) is -0.113. The van der Waals surface area contributed by atoms with E-state index in [1.807, 2.05) is 36.4 Å². The molecule has 2 aliphatic heterocycles. The number of ether oxygens (including phenoxy) is 3. The number of aldehydes is 1. The van der Waals surface area contributed by atoms with Gasteiger partial charge in [-0.1, -0.05) is 42.5 Å². The van der Waals surface area contributed by atoms with Crippen LogP contribution in [0.2, 0.25) is 0 Å². The van der Waals surface area contributed by atoms with E-state index < -0.39 is 18.1 Å². The molecule has 0 radical (unpaired) electrons. The van der Waals surface area contributed by atoms with Crippen molar-refractivity contribution in [2.45, 2.75) is 24.8 Å². The average molecular weight is 343 g/mol. The molecule has 0 aliphatic carbocycles. The number of methoxy groups -OCH3 is 1. The first-order valence-corrected chi connectivity index (χ1v) is 7.74. The van der Waals surface area contributed by atoms with Gasteiger partial charge in [0.25, 0.3) is 5.72 Å². The summed E-state index contributed by atoms with van der Waals surface area (Å²) in [4.78, 5) is 36.1. The van der Waals surface area contributed by atoms with Gasteiger partial charge in [0.1, 0.15) is 6.29 Å². The molecule has 0 bridgehead atoms. The van der Waals surface area contributed by atoms with E-state index in [1.165, 1.54) is 12.0 Å². The van der Waals surface area contributed by atoms with Gasteiger partial charge in [-0.3, -0.25) is 14.5 Å². The van der Waals surface area contributed by atoms with Crippen LogP contribution in [-0.2, 0) is 23.8 Å². The number of amides is 1. The number of rotatable bonds is 5. The van der Waals surface area contributed by atoms with E-state index >= 15 is 0 Å². The van der Waals surface area contributed by atoms with Gasteiger partial charge in [-0.25, -0.2) is 4.79 Å². The molecule has 2 atom stereocenters. The number of allylic oxidation sites excluding steroid dienone is 1. The van der Waals surface area contributed by atoms with Crippen molar-refractivity contribution in [3.8, 4) is 0 Å². The highest BCUT2D eigenvalue weighted by Crippen LogP contribution is 2.47. The molecule has 2 fully saturated rings. The highest BCUT2D eigenvalue weighted by Gasteiger charge is 2.62. The number of carbonyl (C=O) groups excluding carboxylic acids is 3. The zero-order valence-electron chi connectivity index (χ0n) is 13.6. The molecule has 0 saturated carbocycles. The first kappa shape index (κ1) is 16.8. The van der Waals surface area contributed by atoms with Gasteiger partial charge in [0.15, 0.2) is 12.0 Å². The van der Waals surface area contributed by atoms with Gasteiger partial charge >= 0.3 is 6.16 Å². The maximum atomic E-state index is 12.1. The van der Waals surface area contributed by atoms with Crippen LogP contribution in [0.25, 0.3) is 6.08 Å². The minimum absolute atomic E-state index is 0.112. The molecule has 2 unspecified atom stereocenters. The van der Waals surface area contributed by atoms with Crippen molar-refractivity contribution in [3.63, 3.8) is 0 Å². The molecule has 2 aliphatic rings. The maximum Gasteiger partial charge on any atom is 0.510 e. The fourth-order valence-corrected chi connectivity index (χ4v) is 2.94. The Labute approximate surface area is 144 Å². The molecule has 1 aromatic rings. The second-order valence-electron chi connectivity index (χ2n) is 5.57. The van der Waals surface area contributed by atoms with Crippen LogP contribution in [0.5, 0.6) is 0 Å². The summed E-state index contributed by atoms with van der Waals surface area (Å²) in [6.07, 6.45) is 4.06. The van der Waals surface area contributed by atoms with E-state index in [2.05, 4.69) is 4.74 Å². The Kier molecular flexibility index (Phi) is 4.56. The first-order valence-electron chi connectivity index (χ1n) is 7.74. The van der Waals surface area contributed by atoms with Crippen LogP contribution in [0.3, 0.4) is 0 Å². The van der Waals surface area contributed by atoms with Gasteiger partial charge < -0.3 is 14.2 Å². The van der Waals surface area contributed by atoms with Gasteiger partial charge in [0.05, 0.1) is 13.5 Å². The summed E-state index contributed by atoms with van der Waals surface area (Å²) < 4.78 is 15.6. The molecule has 25 heavy (non-hydrogen) atoms. The lowest BCUT2D eigenvalue weighted by molar-refractivity contribution is -0.179. The van der Waals surface area contributed by atoms with Gasteiger partial charge in [0, 0.05) is 12.5 Å².